The van der Waals surface area contributed by atoms with Gasteiger partial charge in [0.05, 0.1) is 0 Å². The van der Waals surface area contributed by atoms with E-state index < -0.39 is 22.0 Å². The molecular formula is C19H21IN3O2-. The minimum atomic E-state index is -0.624. The quantitative estimate of drug-likeness (QED) is 0.522. The number of hydrogen-bond donors (Lipinski definition) is 3. The number of fused-ring (bicyclic) bond motifs is 2. The molecule has 3 heterocycles. The zero-order valence-corrected chi connectivity index (χ0v) is 16.0. The Balaban J connectivity index is 1.45. The second-order valence-corrected chi connectivity index (χ2v) is 8.09. The Morgan fingerprint density at radius 3 is 2.92 bits per heavy atom. The molecule has 3 N–H and O–H groups in total. The molecule has 0 amide bonds. The first-order chi connectivity index (χ1) is 12.4. The Morgan fingerprint density at radius 2 is 2.00 bits per heavy atom. The molecule has 0 radical (unpaired) electrons. The van der Waals surface area contributed by atoms with E-state index in [9.17, 15) is 0 Å². The number of piperidine rings is 1. The normalized spacial score (nSPS) is 27.7. The van der Waals surface area contributed by atoms with Crippen molar-refractivity contribution >= 4 is 5.57 Å². The molecule has 1 aliphatic carbocycles. The van der Waals surface area contributed by atoms with Crippen molar-refractivity contribution in [2.24, 2.45) is 5.92 Å². The Hall–Kier alpha value is -1.67. The second-order valence-electron chi connectivity index (χ2n) is 6.85. The van der Waals surface area contributed by atoms with Crippen LogP contribution in [0.15, 0.2) is 48.3 Å². The Kier molecular flexibility index (Phi) is 4.09. The maximum absolute atomic E-state index is 5.66. The molecule has 5 nitrogen and oxygen atoms in total. The summed E-state index contributed by atoms with van der Waals surface area (Å²) in [6.45, 7) is 2.19. The third kappa shape index (κ3) is 3.01. The number of benzene rings is 1. The third-order valence-electron chi connectivity index (χ3n) is 5.21. The predicted octanol–water partition coefficient (Wildman–Crippen LogP) is -0.899. The van der Waals surface area contributed by atoms with E-state index in [1.54, 1.807) is 0 Å². The summed E-state index contributed by atoms with van der Waals surface area (Å²) in [5.74, 6) is 2.15. The first kappa shape index (κ1) is 15.6. The summed E-state index contributed by atoms with van der Waals surface area (Å²) in [4.78, 5) is 0. The van der Waals surface area contributed by atoms with E-state index >= 15 is 0 Å². The van der Waals surface area contributed by atoms with Crippen molar-refractivity contribution in [3.63, 3.8) is 0 Å². The van der Waals surface area contributed by atoms with Crippen LogP contribution in [0.1, 0.15) is 18.4 Å². The molecule has 0 bridgehead atoms. The van der Waals surface area contributed by atoms with Gasteiger partial charge in [-0.05, 0) is 0 Å². The molecular weight excluding hydrogens is 429 g/mol. The van der Waals surface area contributed by atoms with Gasteiger partial charge in [0.15, 0.2) is 0 Å². The molecule has 0 aromatic heterocycles. The molecule has 1 aromatic rings. The summed E-state index contributed by atoms with van der Waals surface area (Å²) in [5.41, 5.74) is 3.74. The van der Waals surface area contributed by atoms with Crippen LogP contribution in [0, 0.1) is 5.92 Å². The van der Waals surface area contributed by atoms with Gasteiger partial charge in [-0.2, -0.15) is 0 Å². The molecule has 4 aliphatic rings. The van der Waals surface area contributed by atoms with Gasteiger partial charge in [0.25, 0.3) is 0 Å². The van der Waals surface area contributed by atoms with Gasteiger partial charge < -0.3 is 0 Å². The molecule has 1 aromatic carbocycles. The van der Waals surface area contributed by atoms with Crippen LogP contribution in [0.4, 0.5) is 0 Å². The van der Waals surface area contributed by atoms with Crippen molar-refractivity contribution in [2.45, 2.75) is 24.9 Å². The summed E-state index contributed by atoms with van der Waals surface area (Å²) in [5, 5.41) is 10.7. The molecule has 2 unspecified atom stereocenters. The summed E-state index contributed by atoms with van der Waals surface area (Å²) in [6, 6.07) is 7.16. The Bertz CT molecular complexity index is 768. The maximum atomic E-state index is 5.66. The van der Waals surface area contributed by atoms with E-state index in [0.717, 1.165) is 24.6 Å². The van der Waals surface area contributed by atoms with Crippen molar-refractivity contribution < 1.29 is 28.2 Å². The molecule has 132 valence electrons. The Morgan fingerprint density at radius 1 is 1.12 bits per heavy atom. The van der Waals surface area contributed by atoms with Gasteiger partial charge in [-0.25, -0.2) is 0 Å². The molecule has 25 heavy (non-hydrogen) atoms. The number of rotatable bonds is 3. The van der Waals surface area contributed by atoms with Crippen LogP contribution in [0.25, 0.3) is 5.57 Å². The molecule has 3 aliphatic heterocycles. The molecule has 6 heteroatoms. The van der Waals surface area contributed by atoms with Crippen molar-refractivity contribution in [3.8, 4) is 11.5 Å². The first-order valence-electron chi connectivity index (χ1n) is 8.83. The standard InChI is InChI=1S/C19H21IN3O2/c1-2-17-18(25-20-24-17)11-12(1)14-9-13-3-8-22-19(13)16(10-14)23-15-4-6-21-7-5-15/h1-3,8-11,13,15,19,21-23H,4-7H2/q-1. The number of halogens is 1. The second kappa shape index (κ2) is 6.57. The van der Waals surface area contributed by atoms with Crippen LogP contribution in [0.2, 0.25) is 0 Å². The van der Waals surface area contributed by atoms with Crippen molar-refractivity contribution in [1.82, 2.24) is 16.0 Å². The zero-order valence-electron chi connectivity index (χ0n) is 13.8. The molecule has 1 saturated heterocycles. The summed E-state index contributed by atoms with van der Waals surface area (Å²) in [7, 11) is 0. The molecule has 1 fully saturated rings. The van der Waals surface area contributed by atoms with Crippen LogP contribution < -0.4 is 44.1 Å². The van der Waals surface area contributed by atoms with E-state index in [1.165, 1.54) is 29.7 Å². The van der Waals surface area contributed by atoms with Gasteiger partial charge in [-0.3, -0.25) is 0 Å². The van der Waals surface area contributed by atoms with Crippen LogP contribution in [0.5, 0.6) is 11.5 Å². The van der Waals surface area contributed by atoms with E-state index in [-0.39, 0.29) is 0 Å². The SMILES string of the molecule is C1=CC2C=C(c3ccc4c(c3)O[I-]O4)C=C(NC3CCNCC3)C2N1. The molecule has 0 spiro atoms. The van der Waals surface area contributed by atoms with Gasteiger partial charge in [0, 0.05) is 0 Å². The molecule has 0 saturated carbocycles. The van der Waals surface area contributed by atoms with E-state index in [4.69, 9.17) is 6.13 Å². The van der Waals surface area contributed by atoms with E-state index in [0.29, 0.717) is 18.0 Å². The molecule has 5 rings (SSSR count). The monoisotopic (exact) mass is 450 g/mol. The van der Waals surface area contributed by atoms with Crippen LogP contribution >= 0.6 is 0 Å². The Labute approximate surface area is 158 Å². The minimum absolute atomic E-state index is 0.332. The van der Waals surface area contributed by atoms with Crippen molar-refractivity contribution in [2.75, 3.05) is 13.1 Å². The van der Waals surface area contributed by atoms with Gasteiger partial charge >= 0.3 is 159 Å². The summed E-state index contributed by atoms with van der Waals surface area (Å²) >= 11 is -0.624. The predicted molar refractivity (Wildman–Crippen MR) is 92.3 cm³/mol. The third-order valence-corrected chi connectivity index (χ3v) is 6.52. The van der Waals surface area contributed by atoms with E-state index in [2.05, 4.69) is 52.5 Å². The van der Waals surface area contributed by atoms with Gasteiger partial charge in [0.2, 0.25) is 0 Å². The van der Waals surface area contributed by atoms with E-state index in [1.807, 2.05) is 6.07 Å². The van der Waals surface area contributed by atoms with Crippen LogP contribution in [-0.4, -0.2) is 25.2 Å². The first-order valence-corrected chi connectivity index (χ1v) is 10.6. The fraction of sp³-hybridized carbons (Fsp3) is 0.368. The average molecular weight is 450 g/mol. The van der Waals surface area contributed by atoms with Crippen LogP contribution in [-0.2, 0) is 0 Å². The van der Waals surface area contributed by atoms with Gasteiger partial charge in [-0.15, -0.1) is 0 Å². The fourth-order valence-electron chi connectivity index (χ4n) is 3.86. The fourth-order valence-corrected chi connectivity index (χ4v) is 5.05. The van der Waals surface area contributed by atoms with Crippen LogP contribution in [0.3, 0.4) is 0 Å². The number of hydrogen-bond acceptors (Lipinski definition) is 5. The van der Waals surface area contributed by atoms with Gasteiger partial charge in [-0.1, -0.05) is 0 Å². The summed E-state index contributed by atoms with van der Waals surface area (Å²) in [6.07, 6.45) is 11.3. The molecule has 2 atom stereocenters. The topological polar surface area (TPSA) is 54.6 Å². The van der Waals surface area contributed by atoms with Gasteiger partial charge in [0.1, 0.15) is 0 Å². The summed E-state index contributed by atoms with van der Waals surface area (Å²) < 4.78 is 11.2. The van der Waals surface area contributed by atoms with Crippen molar-refractivity contribution in [1.29, 1.82) is 0 Å². The van der Waals surface area contributed by atoms with Crippen molar-refractivity contribution in [3.05, 3.63) is 53.9 Å². The number of allylic oxidation sites excluding steroid dienone is 2. The zero-order chi connectivity index (χ0) is 16.6. The number of nitrogens with one attached hydrogen (secondary N) is 3. The average Bonchev–Trinajstić information content (AvgIpc) is 3.31.